The highest BCUT2D eigenvalue weighted by molar-refractivity contribution is 5.99. The molecule has 0 aromatic heterocycles. The molecule has 1 fully saturated rings. The third-order valence-electron chi connectivity index (χ3n) is 4.10. The second-order valence-corrected chi connectivity index (χ2v) is 5.58. The van der Waals surface area contributed by atoms with Crippen molar-refractivity contribution in [2.75, 3.05) is 33.8 Å². The van der Waals surface area contributed by atoms with E-state index in [0.29, 0.717) is 17.4 Å². The molecule has 1 unspecified atom stereocenters. The lowest BCUT2D eigenvalue weighted by atomic mass is 10.1. The molecule has 1 atom stereocenters. The first-order chi connectivity index (χ1) is 10.0. The van der Waals surface area contributed by atoms with E-state index in [9.17, 15) is 0 Å². The summed E-state index contributed by atoms with van der Waals surface area (Å²) in [6, 6.07) is 6.37. The SMILES string of the molecule is COc1ccc(CN2CCN(C)C(C)C2)cc1C(N)=NO. The molecular weight excluding hydrogens is 268 g/mol. The topological polar surface area (TPSA) is 74.3 Å². The first-order valence-corrected chi connectivity index (χ1v) is 7.12. The van der Waals surface area contributed by atoms with Gasteiger partial charge in [0.2, 0.25) is 0 Å². The Kier molecular flexibility index (Phi) is 5.03. The monoisotopic (exact) mass is 292 g/mol. The standard InChI is InChI=1S/C15H24N4O2/c1-11-9-19(7-6-18(11)2)10-12-4-5-14(21-3)13(8-12)15(16)17-20/h4-5,8,11,20H,6-7,9-10H2,1-3H3,(H2,16,17). The fourth-order valence-corrected chi connectivity index (χ4v) is 2.63. The van der Waals surface area contributed by atoms with E-state index >= 15 is 0 Å². The second-order valence-electron chi connectivity index (χ2n) is 5.58. The number of hydrogen-bond acceptors (Lipinski definition) is 5. The lowest BCUT2D eigenvalue weighted by Gasteiger charge is -2.37. The van der Waals surface area contributed by atoms with Crippen LogP contribution in [0.3, 0.4) is 0 Å². The van der Waals surface area contributed by atoms with Crippen LogP contribution in [0.15, 0.2) is 23.4 Å². The van der Waals surface area contributed by atoms with Gasteiger partial charge < -0.3 is 20.6 Å². The van der Waals surface area contributed by atoms with Gasteiger partial charge in [-0.05, 0) is 31.7 Å². The highest BCUT2D eigenvalue weighted by atomic mass is 16.5. The van der Waals surface area contributed by atoms with Crippen molar-refractivity contribution in [3.8, 4) is 5.75 Å². The third kappa shape index (κ3) is 3.65. The van der Waals surface area contributed by atoms with Gasteiger partial charge >= 0.3 is 0 Å². The minimum absolute atomic E-state index is 0.0699. The van der Waals surface area contributed by atoms with Crippen LogP contribution in [0.5, 0.6) is 5.75 Å². The number of nitrogens with zero attached hydrogens (tertiary/aromatic N) is 3. The van der Waals surface area contributed by atoms with Crippen LogP contribution in [-0.4, -0.2) is 60.7 Å². The molecule has 3 N–H and O–H groups in total. The number of methoxy groups -OCH3 is 1. The molecule has 1 aliphatic heterocycles. The fourth-order valence-electron chi connectivity index (χ4n) is 2.63. The van der Waals surface area contributed by atoms with Crippen LogP contribution in [0.25, 0.3) is 0 Å². The lowest BCUT2D eigenvalue weighted by molar-refractivity contribution is 0.1000. The minimum Gasteiger partial charge on any atom is -0.496 e. The average molecular weight is 292 g/mol. The molecule has 116 valence electrons. The van der Waals surface area contributed by atoms with E-state index in [1.165, 1.54) is 0 Å². The summed E-state index contributed by atoms with van der Waals surface area (Å²) < 4.78 is 5.25. The van der Waals surface area contributed by atoms with Crippen LogP contribution in [0.4, 0.5) is 0 Å². The molecule has 2 rings (SSSR count). The molecule has 6 nitrogen and oxygen atoms in total. The summed E-state index contributed by atoms with van der Waals surface area (Å²) in [6.07, 6.45) is 0. The molecule has 1 aromatic rings. The first-order valence-electron chi connectivity index (χ1n) is 7.12. The van der Waals surface area contributed by atoms with Crippen LogP contribution in [-0.2, 0) is 6.54 Å². The number of nitrogens with two attached hydrogens (primary N) is 1. The van der Waals surface area contributed by atoms with E-state index in [2.05, 4.69) is 28.9 Å². The summed E-state index contributed by atoms with van der Waals surface area (Å²) in [5.74, 6) is 0.682. The van der Waals surface area contributed by atoms with Crippen LogP contribution >= 0.6 is 0 Å². The molecular formula is C15H24N4O2. The third-order valence-corrected chi connectivity index (χ3v) is 4.10. The van der Waals surface area contributed by atoms with Crippen LogP contribution in [0.2, 0.25) is 0 Å². The average Bonchev–Trinajstić information content (AvgIpc) is 2.50. The Morgan fingerprint density at radius 3 is 2.86 bits per heavy atom. The lowest BCUT2D eigenvalue weighted by Crippen LogP contribution is -2.49. The van der Waals surface area contributed by atoms with Gasteiger partial charge in [0.1, 0.15) is 5.75 Å². The summed E-state index contributed by atoms with van der Waals surface area (Å²) in [7, 11) is 3.73. The van der Waals surface area contributed by atoms with E-state index in [0.717, 1.165) is 31.7 Å². The number of rotatable bonds is 4. The van der Waals surface area contributed by atoms with Gasteiger partial charge in [-0.2, -0.15) is 0 Å². The Hall–Kier alpha value is -1.79. The molecule has 21 heavy (non-hydrogen) atoms. The normalized spacial score (nSPS) is 21.5. The van der Waals surface area contributed by atoms with E-state index in [1.54, 1.807) is 7.11 Å². The predicted molar refractivity (Wildman–Crippen MR) is 82.9 cm³/mol. The molecule has 1 heterocycles. The Labute approximate surface area is 125 Å². The molecule has 0 bridgehead atoms. The maximum absolute atomic E-state index is 8.88. The summed E-state index contributed by atoms with van der Waals surface area (Å²) in [6.45, 7) is 6.26. The number of ether oxygens (including phenoxy) is 1. The van der Waals surface area contributed by atoms with E-state index in [-0.39, 0.29) is 5.84 Å². The van der Waals surface area contributed by atoms with Crippen molar-refractivity contribution in [3.63, 3.8) is 0 Å². The van der Waals surface area contributed by atoms with Crippen molar-refractivity contribution in [2.24, 2.45) is 10.9 Å². The molecule has 1 aliphatic rings. The highest BCUT2D eigenvalue weighted by Crippen LogP contribution is 2.21. The fraction of sp³-hybridized carbons (Fsp3) is 0.533. The van der Waals surface area contributed by atoms with E-state index in [4.69, 9.17) is 15.7 Å². The first kappa shape index (κ1) is 15.6. The number of hydrogen-bond donors (Lipinski definition) is 2. The maximum atomic E-state index is 8.88. The van der Waals surface area contributed by atoms with Crippen molar-refractivity contribution in [1.29, 1.82) is 0 Å². The van der Waals surface area contributed by atoms with Crippen LogP contribution in [0.1, 0.15) is 18.1 Å². The summed E-state index contributed by atoms with van der Waals surface area (Å²) in [5.41, 5.74) is 7.47. The van der Waals surface area contributed by atoms with Gasteiger partial charge in [0, 0.05) is 32.2 Å². The van der Waals surface area contributed by atoms with Crippen LogP contribution in [0, 0.1) is 0 Å². The molecule has 0 aliphatic carbocycles. The zero-order valence-electron chi connectivity index (χ0n) is 12.9. The smallest absolute Gasteiger partial charge is 0.173 e. The van der Waals surface area contributed by atoms with Gasteiger partial charge in [-0.1, -0.05) is 11.2 Å². The van der Waals surface area contributed by atoms with Crippen molar-refractivity contribution in [2.45, 2.75) is 19.5 Å². The van der Waals surface area contributed by atoms with E-state index in [1.807, 2.05) is 18.2 Å². The zero-order valence-corrected chi connectivity index (χ0v) is 12.9. The van der Waals surface area contributed by atoms with Gasteiger partial charge in [0.05, 0.1) is 12.7 Å². The van der Waals surface area contributed by atoms with Crippen LogP contribution < -0.4 is 10.5 Å². The molecule has 1 saturated heterocycles. The maximum Gasteiger partial charge on any atom is 0.173 e. The zero-order chi connectivity index (χ0) is 15.4. The van der Waals surface area contributed by atoms with Gasteiger partial charge in [0.25, 0.3) is 0 Å². The highest BCUT2D eigenvalue weighted by Gasteiger charge is 2.21. The Morgan fingerprint density at radius 1 is 1.48 bits per heavy atom. The number of benzene rings is 1. The van der Waals surface area contributed by atoms with Gasteiger partial charge in [0.15, 0.2) is 5.84 Å². The molecule has 0 radical (unpaired) electrons. The largest absolute Gasteiger partial charge is 0.496 e. The molecule has 0 amide bonds. The van der Waals surface area contributed by atoms with Crippen molar-refractivity contribution in [3.05, 3.63) is 29.3 Å². The molecule has 1 aromatic carbocycles. The predicted octanol–water partition coefficient (Wildman–Crippen LogP) is 0.926. The summed E-state index contributed by atoms with van der Waals surface area (Å²) in [4.78, 5) is 4.79. The quantitative estimate of drug-likeness (QED) is 0.374. The molecule has 6 heteroatoms. The van der Waals surface area contributed by atoms with Gasteiger partial charge in [-0.3, -0.25) is 4.90 Å². The number of likely N-dealkylation sites (N-methyl/N-ethyl adjacent to an activating group) is 1. The number of oxime groups is 1. The minimum atomic E-state index is 0.0699. The van der Waals surface area contributed by atoms with Crippen molar-refractivity contribution < 1.29 is 9.94 Å². The molecule has 0 saturated carbocycles. The van der Waals surface area contributed by atoms with Gasteiger partial charge in [-0.25, -0.2) is 0 Å². The summed E-state index contributed by atoms with van der Waals surface area (Å²) >= 11 is 0. The van der Waals surface area contributed by atoms with Gasteiger partial charge in [-0.15, -0.1) is 0 Å². The Balaban J connectivity index is 2.14. The van der Waals surface area contributed by atoms with Crippen molar-refractivity contribution in [1.82, 2.24) is 9.80 Å². The second kappa shape index (κ2) is 6.78. The Morgan fingerprint density at radius 2 is 2.24 bits per heavy atom. The van der Waals surface area contributed by atoms with Crippen molar-refractivity contribution >= 4 is 5.84 Å². The number of amidine groups is 1. The Bertz CT molecular complexity index is 518. The summed E-state index contributed by atoms with van der Waals surface area (Å²) in [5, 5.41) is 11.9. The number of piperazine rings is 1. The molecule has 0 spiro atoms. The van der Waals surface area contributed by atoms with E-state index < -0.39 is 0 Å².